The maximum absolute atomic E-state index is 13.3. The van der Waals surface area contributed by atoms with Crippen LogP contribution in [0.3, 0.4) is 0 Å². The monoisotopic (exact) mass is 453 g/mol. The summed E-state index contributed by atoms with van der Waals surface area (Å²) in [5.74, 6) is 0.360. The van der Waals surface area contributed by atoms with E-state index in [0.717, 1.165) is 36.1 Å². The SMILES string of the molecule is CC(C)CNC(=O)C1CCCN1C(c1cccc(C#N)c1)C(c1cccnc1)c1cccnc1. The molecule has 0 spiro atoms. The summed E-state index contributed by atoms with van der Waals surface area (Å²) >= 11 is 0. The van der Waals surface area contributed by atoms with Gasteiger partial charge >= 0.3 is 0 Å². The number of hydrogen-bond acceptors (Lipinski definition) is 5. The number of nitriles is 1. The zero-order valence-corrected chi connectivity index (χ0v) is 19.8. The summed E-state index contributed by atoms with van der Waals surface area (Å²) in [7, 11) is 0. The van der Waals surface area contributed by atoms with Gasteiger partial charge in [0.2, 0.25) is 5.91 Å². The first-order valence-electron chi connectivity index (χ1n) is 11.9. The molecule has 1 amide bonds. The van der Waals surface area contributed by atoms with Crippen molar-refractivity contribution < 1.29 is 4.79 Å². The van der Waals surface area contributed by atoms with E-state index in [-0.39, 0.29) is 23.9 Å². The number of pyridine rings is 2. The third kappa shape index (κ3) is 5.32. The van der Waals surface area contributed by atoms with Crippen LogP contribution >= 0.6 is 0 Å². The summed E-state index contributed by atoms with van der Waals surface area (Å²) in [5.41, 5.74) is 3.73. The summed E-state index contributed by atoms with van der Waals surface area (Å²) in [6.45, 7) is 5.66. The minimum Gasteiger partial charge on any atom is -0.354 e. The summed E-state index contributed by atoms with van der Waals surface area (Å²) < 4.78 is 0. The summed E-state index contributed by atoms with van der Waals surface area (Å²) in [4.78, 5) is 24.4. The number of carbonyl (C=O) groups excluding carboxylic acids is 1. The van der Waals surface area contributed by atoms with Crippen LogP contribution in [0.1, 0.15) is 60.9 Å². The Hall–Kier alpha value is -3.56. The van der Waals surface area contributed by atoms with Crippen molar-refractivity contribution in [3.8, 4) is 6.07 Å². The van der Waals surface area contributed by atoms with E-state index in [1.54, 1.807) is 12.4 Å². The topological polar surface area (TPSA) is 81.9 Å². The van der Waals surface area contributed by atoms with Gasteiger partial charge in [-0.15, -0.1) is 0 Å². The fraction of sp³-hybridized carbons (Fsp3) is 0.357. The molecule has 3 heterocycles. The van der Waals surface area contributed by atoms with Crippen LogP contribution in [0.5, 0.6) is 0 Å². The summed E-state index contributed by atoms with van der Waals surface area (Å²) in [6, 6.07) is 17.7. The maximum atomic E-state index is 13.3. The first-order chi connectivity index (χ1) is 16.6. The molecular formula is C28H31N5O. The van der Waals surface area contributed by atoms with Crippen LogP contribution in [0, 0.1) is 17.2 Å². The highest BCUT2D eigenvalue weighted by atomic mass is 16.2. The molecule has 6 heteroatoms. The van der Waals surface area contributed by atoms with Crippen LogP contribution in [-0.2, 0) is 4.79 Å². The predicted molar refractivity (Wildman–Crippen MR) is 132 cm³/mol. The highest BCUT2D eigenvalue weighted by molar-refractivity contribution is 5.82. The number of likely N-dealkylation sites (tertiary alicyclic amines) is 1. The second-order valence-corrected chi connectivity index (χ2v) is 9.27. The minimum atomic E-state index is -0.231. The fourth-order valence-electron chi connectivity index (χ4n) is 4.87. The van der Waals surface area contributed by atoms with Crippen molar-refractivity contribution in [1.29, 1.82) is 5.26 Å². The first-order valence-corrected chi connectivity index (χ1v) is 11.9. The van der Waals surface area contributed by atoms with Gasteiger partial charge in [-0.05, 0) is 66.3 Å². The molecule has 34 heavy (non-hydrogen) atoms. The van der Waals surface area contributed by atoms with Crippen LogP contribution in [0.25, 0.3) is 0 Å². The van der Waals surface area contributed by atoms with Gasteiger partial charge in [-0.1, -0.05) is 38.1 Å². The van der Waals surface area contributed by atoms with E-state index < -0.39 is 0 Å². The van der Waals surface area contributed by atoms with E-state index in [1.807, 2.05) is 42.7 Å². The van der Waals surface area contributed by atoms with Crippen molar-refractivity contribution in [1.82, 2.24) is 20.2 Å². The smallest absolute Gasteiger partial charge is 0.237 e. The van der Waals surface area contributed by atoms with Gasteiger partial charge in [0.25, 0.3) is 0 Å². The lowest BCUT2D eigenvalue weighted by atomic mass is 9.81. The van der Waals surface area contributed by atoms with E-state index >= 15 is 0 Å². The Morgan fingerprint density at radius 2 is 1.76 bits per heavy atom. The van der Waals surface area contributed by atoms with Crippen molar-refractivity contribution in [3.63, 3.8) is 0 Å². The molecular weight excluding hydrogens is 422 g/mol. The van der Waals surface area contributed by atoms with Gasteiger partial charge in [-0.25, -0.2) is 0 Å². The maximum Gasteiger partial charge on any atom is 0.237 e. The van der Waals surface area contributed by atoms with E-state index in [1.165, 1.54) is 0 Å². The molecule has 1 aliphatic heterocycles. The fourth-order valence-corrected chi connectivity index (χ4v) is 4.87. The summed E-state index contributed by atoms with van der Waals surface area (Å²) in [6.07, 6.45) is 9.08. The van der Waals surface area contributed by atoms with Crippen molar-refractivity contribution in [2.24, 2.45) is 5.92 Å². The Bertz CT molecular complexity index is 1090. The van der Waals surface area contributed by atoms with Crippen LogP contribution in [0.4, 0.5) is 0 Å². The third-order valence-corrected chi connectivity index (χ3v) is 6.40. The molecule has 2 aromatic heterocycles. The van der Waals surface area contributed by atoms with Crippen LogP contribution < -0.4 is 5.32 Å². The highest BCUT2D eigenvalue weighted by Crippen LogP contribution is 2.43. The van der Waals surface area contributed by atoms with Gasteiger partial charge in [0.1, 0.15) is 0 Å². The number of amides is 1. The molecule has 2 atom stereocenters. The molecule has 0 radical (unpaired) electrons. The Kier molecular flexibility index (Phi) is 7.66. The predicted octanol–water partition coefficient (Wildman–Crippen LogP) is 4.46. The molecule has 1 aromatic carbocycles. The molecule has 1 saturated heterocycles. The zero-order chi connectivity index (χ0) is 23.9. The number of rotatable bonds is 8. The average Bonchev–Trinajstić information content (AvgIpc) is 3.36. The lowest BCUT2D eigenvalue weighted by Crippen LogP contribution is -2.47. The van der Waals surface area contributed by atoms with Crippen molar-refractivity contribution >= 4 is 5.91 Å². The van der Waals surface area contributed by atoms with E-state index in [4.69, 9.17) is 0 Å². The number of hydrogen-bond donors (Lipinski definition) is 1. The molecule has 0 saturated carbocycles. The number of nitrogens with one attached hydrogen (secondary N) is 1. The Balaban J connectivity index is 1.83. The molecule has 3 aromatic rings. The normalized spacial score (nSPS) is 17.0. The molecule has 1 N–H and O–H groups in total. The molecule has 2 unspecified atom stereocenters. The van der Waals surface area contributed by atoms with Gasteiger partial charge < -0.3 is 5.32 Å². The van der Waals surface area contributed by atoms with Crippen molar-refractivity contribution in [3.05, 3.63) is 95.6 Å². The number of carbonyl (C=O) groups is 1. The lowest BCUT2D eigenvalue weighted by Gasteiger charge is -2.38. The lowest BCUT2D eigenvalue weighted by molar-refractivity contribution is -0.126. The van der Waals surface area contributed by atoms with Gasteiger partial charge in [-0.2, -0.15) is 5.26 Å². The van der Waals surface area contributed by atoms with E-state index in [2.05, 4.69) is 58.3 Å². The second-order valence-electron chi connectivity index (χ2n) is 9.27. The van der Waals surface area contributed by atoms with Gasteiger partial charge in [0, 0.05) is 43.3 Å². The Labute approximate surface area is 201 Å². The molecule has 6 nitrogen and oxygen atoms in total. The highest BCUT2D eigenvalue weighted by Gasteiger charge is 2.40. The standard InChI is InChI=1S/C28H31N5O/c1-20(2)17-32-28(34)25-11-6-14-33(25)27(22-8-3-7-21(15-22)16-29)26(23-9-4-12-30-18-23)24-10-5-13-31-19-24/h3-5,7-10,12-13,15,18-20,25-27H,6,11,14,17H2,1-2H3,(H,32,34). The van der Waals surface area contributed by atoms with Crippen LogP contribution in [0.2, 0.25) is 0 Å². The minimum absolute atomic E-state index is 0.0729. The zero-order valence-electron chi connectivity index (χ0n) is 19.8. The Morgan fingerprint density at radius 3 is 2.35 bits per heavy atom. The number of aromatic nitrogens is 2. The van der Waals surface area contributed by atoms with Gasteiger partial charge in [-0.3, -0.25) is 19.7 Å². The molecule has 0 bridgehead atoms. The van der Waals surface area contributed by atoms with Crippen LogP contribution in [-0.4, -0.2) is 39.9 Å². The summed E-state index contributed by atoms with van der Waals surface area (Å²) in [5, 5.41) is 12.7. The first kappa shape index (κ1) is 23.6. The van der Waals surface area contributed by atoms with Crippen molar-refractivity contribution in [2.75, 3.05) is 13.1 Å². The Morgan fingerprint density at radius 1 is 1.09 bits per heavy atom. The second kappa shape index (κ2) is 11.0. The molecule has 0 aliphatic carbocycles. The molecule has 174 valence electrons. The average molecular weight is 454 g/mol. The number of benzene rings is 1. The van der Waals surface area contributed by atoms with Crippen LogP contribution in [0.15, 0.2) is 73.3 Å². The molecule has 1 fully saturated rings. The molecule has 4 rings (SSSR count). The largest absolute Gasteiger partial charge is 0.354 e. The van der Waals surface area contributed by atoms with Gasteiger partial charge in [0.05, 0.1) is 17.7 Å². The van der Waals surface area contributed by atoms with Crippen molar-refractivity contribution in [2.45, 2.75) is 44.7 Å². The van der Waals surface area contributed by atoms with E-state index in [9.17, 15) is 10.1 Å². The third-order valence-electron chi connectivity index (χ3n) is 6.40. The van der Waals surface area contributed by atoms with E-state index in [0.29, 0.717) is 18.0 Å². The quantitative estimate of drug-likeness (QED) is 0.545. The number of nitrogens with zero attached hydrogens (tertiary/aromatic N) is 4. The van der Waals surface area contributed by atoms with Gasteiger partial charge in [0.15, 0.2) is 0 Å². The molecule has 1 aliphatic rings.